The minimum absolute atomic E-state index is 0.0486. The Morgan fingerprint density at radius 2 is 1.81 bits per heavy atom. The lowest BCUT2D eigenvalue weighted by atomic mass is 9.72. The van der Waals surface area contributed by atoms with E-state index >= 15 is 0 Å². The Kier molecular flexibility index (Phi) is 6.08. The van der Waals surface area contributed by atoms with Gasteiger partial charge in [-0.05, 0) is 62.5 Å². The molecule has 0 unspecified atom stereocenters. The number of furan rings is 1. The molecule has 194 valence electrons. The van der Waals surface area contributed by atoms with E-state index < -0.39 is 0 Å². The Morgan fingerprint density at radius 3 is 2.42 bits per heavy atom. The average Bonchev–Trinajstić information content (AvgIpc) is 3.47. The number of carbonyl (C=O) groups excluding carboxylic acids is 1. The van der Waals surface area contributed by atoms with E-state index in [2.05, 4.69) is 70.5 Å². The van der Waals surface area contributed by atoms with Crippen LogP contribution in [0.15, 0.2) is 33.3 Å². The second kappa shape index (κ2) is 8.74. The van der Waals surface area contributed by atoms with Gasteiger partial charge in [-0.2, -0.15) is 0 Å². The second-order valence-electron chi connectivity index (χ2n) is 13.4. The molecule has 36 heavy (non-hydrogen) atoms. The van der Waals surface area contributed by atoms with Crippen molar-refractivity contribution < 1.29 is 9.21 Å². The average molecular weight is 491 g/mol. The molecule has 0 bridgehead atoms. The first kappa shape index (κ1) is 25.0. The summed E-state index contributed by atoms with van der Waals surface area (Å²) in [5.74, 6) is 0.818. The first-order valence-corrected chi connectivity index (χ1v) is 13.6. The first-order valence-electron chi connectivity index (χ1n) is 13.6. The van der Waals surface area contributed by atoms with Gasteiger partial charge in [0.1, 0.15) is 5.52 Å². The Morgan fingerprint density at radius 1 is 1.08 bits per heavy atom. The summed E-state index contributed by atoms with van der Waals surface area (Å²) in [6.45, 7) is 18.6. The summed E-state index contributed by atoms with van der Waals surface area (Å²) in [6.07, 6.45) is 8.87. The number of fused-ring (bicyclic) bond motifs is 1. The largest absolute Gasteiger partial charge is 0.449 e. The third-order valence-electron chi connectivity index (χ3n) is 8.42. The molecule has 6 nitrogen and oxygen atoms in total. The standard InChI is InChI=1S/C30H42N4O2/c1-28(2,3)22-16-23(20-8-11-29(4,5)12-9-20)32-24-17-25(36-26(22)24)27(35)34-15-14-33(19-30(34,6)7)21-10-13-31-18-21/h10,16-18,20H,8-9,11-15,19H2,1-7H3. The Balaban J connectivity index is 1.45. The van der Waals surface area contributed by atoms with Gasteiger partial charge in [0.2, 0.25) is 0 Å². The molecule has 2 aromatic rings. The number of pyridine rings is 1. The van der Waals surface area contributed by atoms with Gasteiger partial charge in [-0.15, -0.1) is 0 Å². The fourth-order valence-corrected chi connectivity index (χ4v) is 6.05. The lowest BCUT2D eigenvalue weighted by molar-refractivity contribution is 0.0255. The molecule has 0 N–H and O–H groups in total. The number of piperazine rings is 1. The first-order chi connectivity index (χ1) is 16.8. The van der Waals surface area contributed by atoms with Crippen LogP contribution in [-0.2, 0) is 5.41 Å². The zero-order chi connectivity index (χ0) is 25.9. The monoisotopic (exact) mass is 490 g/mol. The fraction of sp³-hybridized carbons (Fsp3) is 0.633. The Bertz CT molecular complexity index is 1220. The SMILES string of the molecule is CC1(C)CCC(c2cc(C(C)(C)C)c3oc(C(=O)N4CCN(C5=CCN=C5)CC4(C)C)cc3n2)CC1. The van der Waals surface area contributed by atoms with E-state index in [0.717, 1.165) is 47.7 Å². The molecule has 1 aliphatic carbocycles. The van der Waals surface area contributed by atoms with Crippen molar-refractivity contribution in [1.82, 2.24) is 14.8 Å². The summed E-state index contributed by atoms with van der Waals surface area (Å²) in [6, 6.07) is 4.14. The van der Waals surface area contributed by atoms with E-state index in [-0.39, 0.29) is 16.9 Å². The number of allylic oxidation sites excluding steroid dienone is 1. The summed E-state index contributed by atoms with van der Waals surface area (Å²) in [7, 11) is 0. The van der Waals surface area contributed by atoms with Crippen molar-refractivity contribution in [3.8, 4) is 0 Å². The minimum atomic E-state index is -0.327. The zero-order valence-corrected chi connectivity index (χ0v) is 23.1. The van der Waals surface area contributed by atoms with E-state index in [4.69, 9.17) is 9.40 Å². The van der Waals surface area contributed by atoms with Crippen molar-refractivity contribution in [3.05, 3.63) is 40.9 Å². The van der Waals surface area contributed by atoms with Crippen molar-refractivity contribution in [1.29, 1.82) is 0 Å². The number of carbonyl (C=O) groups is 1. The normalized spacial score (nSPS) is 22.4. The quantitative estimate of drug-likeness (QED) is 0.505. The van der Waals surface area contributed by atoms with Crippen LogP contribution in [0.5, 0.6) is 0 Å². The molecule has 4 heterocycles. The molecule has 3 aliphatic rings. The third-order valence-corrected chi connectivity index (χ3v) is 8.42. The molecular formula is C30H42N4O2. The maximum atomic E-state index is 13.8. The van der Waals surface area contributed by atoms with Gasteiger partial charge in [-0.1, -0.05) is 34.6 Å². The number of hydrogen-bond acceptors (Lipinski definition) is 5. The number of hydrogen-bond donors (Lipinski definition) is 0. The van der Waals surface area contributed by atoms with Crippen LogP contribution in [0.3, 0.4) is 0 Å². The zero-order valence-electron chi connectivity index (χ0n) is 23.1. The van der Waals surface area contributed by atoms with Gasteiger partial charge in [0.25, 0.3) is 5.91 Å². The van der Waals surface area contributed by atoms with E-state index in [0.29, 0.717) is 23.6 Å². The highest BCUT2D eigenvalue weighted by atomic mass is 16.3. The molecule has 0 aromatic carbocycles. The molecule has 1 saturated carbocycles. The van der Waals surface area contributed by atoms with Crippen molar-refractivity contribution in [3.63, 3.8) is 0 Å². The van der Waals surface area contributed by atoms with Gasteiger partial charge in [0.15, 0.2) is 11.3 Å². The smallest absolute Gasteiger partial charge is 0.290 e. The van der Waals surface area contributed by atoms with E-state index in [1.807, 2.05) is 17.2 Å². The molecular weight excluding hydrogens is 448 g/mol. The Hall–Kier alpha value is -2.63. The minimum Gasteiger partial charge on any atom is -0.449 e. The number of nitrogens with zero attached hydrogens (tertiary/aromatic N) is 4. The molecule has 2 aromatic heterocycles. The topological polar surface area (TPSA) is 61.9 Å². The van der Waals surface area contributed by atoms with Crippen LogP contribution in [0.2, 0.25) is 0 Å². The van der Waals surface area contributed by atoms with Crippen LogP contribution in [0.4, 0.5) is 0 Å². The second-order valence-corrected chi connectivity index (χ2v) is 13.4. The van der Waals surface area contributed by atoms with Crippen LogP contribution in [0.1, 0.15) is 102 Å². The molecule has 5 rings (SSSR count). The lowest BCUT2D eigenvalue weighted by Gasteiger charge is -2.47. The van der Waals surface area contributed by atoms with Gasteiger partial charge in [-0.25, -0.2) is 4.98 Å². The summed E-state index contributed by atoms with van der Waals surface area (Å²) >= 11 is 0. The van der Waals surface area contributed by atoms with Crippen molar-refractivity contribution in [2.75, 3.05) is 26.2 Å². The fourth-order valence-electron chi connectivity index (χ4n) is 6.05. The molecule has 0 radical (unpaired) electrons. The highest BCUT2D eigenvalue weighted by Crippen LogP contribution is 2.43. The number of amides is 1. The highest BCUT2D eigenvalue weighted by Gasteiger charge is 2.39. The Labute approximate surface area is 215 Å². The highest BCUT2D eigenvalue weighted by molar-refractivity contribution is 5.96. The van der Waals surface area contributed by atoms with Crippen molar-refractivity contribution in [2.24, 2.45) is 10.4 Å². The molecule has 6 heteroatoms. The molecule has 2 aliphatic heterocycles. The number of rotatable bonds is 3. The molecule has 0 atom stereocenters. The van der Waals surface area contributed by atoms with Crippen molar-refractivity contribution in [2.45, 2.75) is 91.0 Å². The summed E-state index contributed by atoms with van der Waals surface area (Å²) in [5, 5.41) is 0. The maximum absolute atomic E-state index is 13.8. The van der Waals surface area contributed by atoms with Crippen LogP contribution in [-0.4, -0.2) is 58.6 Å². The van der Waals surface area contributed by atoms with E-state index in [1.165, 1.54) is 25.7 Å². The van der Waals surface area contributed by atoms with Crippen LogP contribution >= 0.6 is 0 Å². The maximum Gasteiger partial charge on any atom is 0.290 e. The summed E-state index contributed by atoms with van der Waals surface area (Å²) < 4.78 is 6.34. The van der Waals surface area contributed by atoms with Crippen molar-refractivity contribution >= 4 is 23.2 Å². The number of aliphatic imine (C=N–C) groups is 1. The van der Waals surface area contributed by atoms with Gasteiger partial charge in [-0.3, -0.25) is 9.79 Å². The third kappa shape index (κ3) is 4.71. The molecule has 1 saturated heterocycles. The van der Waals surface area contributed by atoms with Gasteiger partial charge in [0, 0.05) is 49.1 Å². The van der Waals surface area contributed by atoms with E-state index in [9.17, 15) is 4.79 Å². The summed E-state index contributed by atoms with van der Waals surface area (Å²) in [5.41, 5.74) is 5.02. The van der Waals surface area contributed by atoms with Gasteiger partial charge >= 0.3 is 0 Å². The van der Waals surface area contributed by atoms with Gasteiger partial charge in [0.05, 0.1) is 17.8 Å². The predicted molar refractivity (Wildman–Crippen MR) is 146 cm³/mol. The van der Waals surface area contributed by atoms with E-state index in [1.54, 1.807) is 0 Å². The van der Waals surface area contributed by atoms with Crippen LogP contribution in [0, 0.1) is 5.41 Å². The van der Waals surface area contributed by atoms with Crippen LogP contribution < -0.4 is 0 Å². The lowest BCUT2D eigenvalue weighted by Crippen LogP contribution is -2.60. The summed E-state index contributed by atoms with van der Waals surface area (Å²) in [4.78, 5) is 27.5. The van der Waals surface area contributed by atoms with Crippen LogP contribution in [0.25, 0.3) is 11.1 Å². The predicted octanol–water partition coefficient (Wildman–Crippen LogP) is 6.31. The van der Waals surface area contributed by atoms with Gasteiger partial charge < -0.3 is 14.2 Å². The molecule has 2 fully saturated rings. The number of aromatic nitrogens is 1. The molecule has 1 amide bonds. The molecule has 0 spiro atoms.